The van der Waals surface area contributed by atoms with Gasteiger partial charge in [0.15, 0.2) is 0 Å². The molecule has 5 rings (SSSR count). The molecule has 1 atom stereocenters. The number of aromatic nitrogens is 2. The second-order valence-corrected chi connectivity index (χ2v) is 11.6. The number of nitrogens with one attached hydrogen (secondary N) is 1. The summed E-state index contributed by atoms with van der Waals surface area (Å²) in [5.41, 5.74) is 3.15. The summed E-state index contributed by atoms with van der Waals surface area (Å²) in [5.74, 6) is 1.39. The van der Waals surface area contributed by atoms with Gasteiger partial charge in [-0.15, -0.1) is 0 Å². The molecule has 1 N–H and O–H groups in total. The maximum Gasteiger partial charge on any atom is 0.243 e. The van der Waals surface area contributed by atoms with Gasteiger partial charge in [0.1, 0.15) is 5.75 Å². The van der Waals surface area contributed by atoms with Gasteiger partial charge in [0, 0.05) is 31.0 Å². The zero-order chi connectivity index (χ0) is 24.3. The van der Waals surface area contributed by atoms with Crippen molar-refractivity contribution in [3.63, 3.8) is 0 Å². The zero-order valence-corrected chi connectivity index (χ0v) is 21.1. The predicted octanol–water partition coefficient (Wildman–Crippen LogP) is 4.97. The Labute approximate surface area is 208 Å². The van der Waals surface area contributed by atoms with Crippen LogP contribution in [0.1, 0.15) is 49.8 Å². The van der Waals surface area contributed by atoms with E-state index < -0.39 is 10.0 Å². The molecule has 2 heterocycles. The fraction of sp³-hybridized carbons (Fsp3) is 0.444. The van der Waals surface area contributed by atoms with Crippen molar-refractivity contribution >= 4 is 15.7 Å². The number of nitrogens with zero attached hydrogens (tertiary/aromatic N) is 3. The molecule has 2 aromatic carbocycles. The standard InChI is InChI=1S/C27H34N4O3S/c1-34-25-12-14-26(15-13-25)35(32,33)30-17-22-8-4-5-9-27(22)31(18-23-16-28-20-29-23)24(19-30)11-10-21-6-2-3-7-21/h4-5,8-9,12-16,20-21,24H,2-3,6-7,10-11,17-19H2,1H3,(H,28,29). The first-order valence-electron chi connectivity index (χ1n) is 12.5. The van der Waals surface area contributed by atoms with Gasteiger partial charge in [-0.1, -0.05) is 43.9 Å². The van der Waals surface area contributed by atoms with Gasteiger partial charge < -0.3 is 14.6 Å². The lowest BCUT2D eigenvalue weighted by Crippen LogP contribution is -2.43. The molecule has 1 fully saturated rings. The third-order valence-corrected chi connectivity index (χ3v) is 9.30. The summed E-state index contributed by atoms with van der Waals surface area (Å²) < 4.78 is 34.6. The Morgan fingerprint density at radius 3 is 2.54 bits per heavy atom. The number of ether oxygens (including phenoxy) is 1. The highest BCUT2D eigenvalue weighted by Gasteiger charge is 2.35. The second-order valence-electron chi connectivity index (χ2n) is 9.69. The molecule has 35 heavy (non-hydrogen) atoms. The van der Waals surface area contributed by atoms with Crippen LogP contribution in [0.15, 0.2) is 66.0 Å². The summed E-state index contributed by atoms with van der Waals surface area (Å²) in [6.45, 7) is 1.47. The van der Waals surface area contributed by atoms with E-state index in [0.29, 0.717) is 30.3 Å². The van der Waals surface area contributed by atoms with Crippen molar-refractivity contribution in [1.82, 2.24) is 14.3 Å². The highest BCUT2D eigenvalue weighted by Crippen LogP contribution is 2.35. The van der Waals surface area contributed by atoms with Crippen molar-refractivity contribution in [3.8, 4) is 5.75 Å². The first-order chi connectivity index (χ1) is 17.0. The Kier molecular flexibility index (Phi) is 7.11. The van der Waals surface area contributed by atoms with Crippen LogP contribution in [-0.4, -0.2) is 42.4 Å². The number of para-hydroxylation sites is 1. The molecular weight excluding hydrogens is 460 g/mol. The summed E-state index contributed by atoms with van der Waals surface area (Å²) >= 11 is 0. The first kappa shape index (κ1) is 23.9. The molecule has 0 saturated heterocycles. The van der Waals surface area contributed by atoms with E-state index in [-0.39, 0.29) is 6.04 Å². The van der Waals surface area contributed by atoms with E-state index in [1.807, 2.05) is 24.4 Å². The van der Waals surface area contributed by atoms with E-state index >= 15 is 0 Å². The molecule has 0 radical (unpaired) electrons. The van der Waals surface area contributed by atoms with Crippen LogP contribution in [0.3, 0.4) is 0 Å². The number of H-pyrrole nitrogens is 1. The number of hydrogen-bond donors (Lipinski definition) is 1. The molecule has 1 saturated carbocycles. The average Bonchev–Trinajstić information content (AvgIpc) is 3.57. The molecule has 3 aromatic rings. The molecule has 0 amide bonds. The lowest BCUT2D eigenvalue weighted by atomic mass is 9.97. The van der Waals surface area contributed by atoms with Gasteiger partial charge in [-0.25, -0.2) is 13.4 Å². The van der Waals surface area contributed by atoms with E-state index in [1.165, 1.54) is 25.7 Å². The summed E-state index contributed by atoms with van der Waals surface area (Å²) in [7, 11) is -2.10. The van der Waals surface area contributed by atoms with Crippen LogP contribution in [0.25, 0.3) is 0 Å². The molecular formula is C27H34N4O3S. The van der Waals surface area contributed by atoms with Crippen molar-refractivity contribution < 1.29 is 13.2 Å². The second kappa shape index (κ2) is 10.4. The van der Waals surface area contributed by atoms with Gasteiger partial charge in [0.05, 0.1) is 30.6 Å². The number of sulfonamides is 1. The Bertz CT molecular complexity index is 1210. The third kappa shape index (κ3) is 5.23. The van der Waals surface area contributed by atoms with Gasteiger partial charge in [-0.2, -0.15) is 4.31 Å². The molecule has 1 unspecified atom stereocenters. The number of rotatable bonds is 8. The van der Waals surface area contributed by atoms with Crippen molar-refractivity contribution in [2.75, 3.05) is 18.6 Å². The van der Waals surface area contributed by atoms with Crippen molar-refractivity contribution in [1.29, 1.82) is 0 Å². The number of hydrogen-bond acceptors (Lipinski definition) is 5. The Morgan fingerprint density at radius 1 is 1.06 bits per heavy atom. The predicted molar refractivity (Wildman–Crippen MR) is 137 cm³/mol. The number of anilines is 1. The molecule has 186 valence electrons. The van der Waals surface area contributed by atoms with Gasteiger partial charge >= 0.3 is 0 Å². The van der Waals surface area contributed by atoms with Gasteiger partial charge in [-0.3, -0.25) is 0 Å². The topological polar surface area (TPSA) is 78.5 Å². The van der Waals surface area contributed by atoms with E-state index in [2.05, 4.69) is 20.9 Å². The average molecular weight is 495 g/mol. The molecule has 1 aliphatic heterocycles. The molecule has 1 aliphatic carbocycles. The molecule has 8 heteroatoms. The third-order valence-electron chi connectivity index (χ3n) is 7.48. The van der Waals surface area contributed by atoms with Crippen molar-refractivity contribution in [2.45, 2.75) is 62.6 Å². The number of fused-ring (bicyclic) bond motifs is 1. The molecule has 0 bridgehead atoms. The highest BCUT2D eigenvalue weighted by atomic mass is 32.2. The van der Waals surface area contributed by atoms with Crippen LogP contribution >= 0.6 is 0 Å². The monoisotopic (exact) mass is 494 g/mol. The minimum absolute atomic E-state index is 0.0653. The Balaban J connectivity index is 1.50. The van der Waals surface area contributed by atoms with Crippen LogP contribution in [0.4, 0.5) is 5.69 Å². The van der Waals surface area contributed by atoms with Gasteiger partial charge in [0.2, 0.25) is 10.0 Å². The smallest absolute Gasteiger partial charge is 0.243 e. The minimum atomic E-state index is -3.68. The van der Waals surface area contributed by atoms with Crippen molar-refractivity contribution in [2.24, 2.45) is 5.92 Å². The van der Waals surface area contributed by atoms with Crippen LogP contribution in [0.5, 0.6) is 5.75 Å². The van der Waals surface area contributed by atoms with E-state index in [0.717, 1.165) is 35.7 Å². The molecule has 1 aromatic heterocycles. The molecule has 0 spiro atoms. The van der Waals surface area contributed by atoms with Crippen LogP contribution in [0, 0.1) is 5.92 Å². The maximum absolute atomic E-state index is 13.8. The van der Waals surface area contributed by atoms with E-state index in [1.54, 1.807) is 42.0 Å². The molecule has 7 nitrogen and oxygen atoms in total. The first-order valence-corrected chi connectivity index (χ1v) is 13.9. The fourth-order valence-electron chi connectivity index (χ4n) is 5.53. The van der Waals surface area contributed by atoms with Gasteiger partial charge in [0.25, 0.3) is 0 Å². The fourth-order valence-corrected chi connectivity index (χ4v) is 6.99. The lowest BCUT2D eigenvalue weighted by Gasteiger charge is -2.34. The van der Waals surface area contributed by atoms with E-state index in [4.69, 9.17) is 4.74 Å². The Hall–Kier alpha value is -2.84. The van der Waals surface area contributed by atoms with E-state index in [9.17, 15) is 8.42 Å². The largest absolute Gasteiger partial charge is 0.497 e. The Morgan fingerprint density at radius 2 is 1.83 bits per heavy atom. The van der Waals surface area contributed by atoms with Gasteiger partial charge in [-0.05, 0) is 54.7 Å². The zero-order valence-electron chi connectivity index (χ0n) is 20.3. The SMILES string of the molecule is COc1ccc(S(=O)(=O)N2Cc3ccccc3N(Cc3cnc[nH]3)C(CCC3CCCC3)C2)cc1. The summed E-state index contributed by atoms with van der Waals surface area (Å²) in [6, 6.07) is 15.0. The highest BCUT2D eigenvalue weighted by molar-refractivity contribution is 7.89. The minimum Gasteiger partial charge on any atom is -0.497 e. The summed E-state index contributed by atoms with van der Waals surface area (Å²) in [4.78, 5) is 10.1. The number of methoxy groups -OCH3 is 1. The maximum atomic E-state index is 13.8. The summed E-state index contributed by atoms with van der Waals surface area (Å²) in [5, 5.41) is 0. The van der Waals surface area contributed by atoms with Crippen LogP contribution in [-0.2, 0) is 23.1 Å². The lowest BCUT2D eigenvalue weighted by molar-refractivity contribution is 0.350. The number of aromatic amines is 1. The normalized spacial score (nSPS) is 19.5. The number of imidazole rings is 1. The summed E-state index contributed by atoms with van der Waals surface area (Å²) in [6.07, 6.45) is 10.8. The van der Waals surface area contributed by atoms with Crippen LogP contribution in [0.2, 0.25) is 0 Å². The van der Waals surface area contributed by atoms with Crippen LogP contribution < -0.4 is 9.64 Å². The van der Waals surface area contributed by atoms with Crippen molar-refractivity contribution in [3.05, 3.63) is 72.3 Å². The number of benzene rings is 2. The quantitative estimate of drug-likeness (QED) is 0.478. The molecule has 2 aliphatic rings.